The Balaban J connectivity index is 0. The Morgan fingerprint density at radius 2 is 1.07 bits per heavy atom. The largest absolute Gasteiger partial charge is 0.463 e. The quantitative estimate of drug-likeness (QED) is 0.135. The predicted octanol–water partition coefficient (Wildman–Crippen LogP) is 7.32. The average Bonchev–Trinajstić information content (AvgIpc) is 2.71. The van der Waals surface area contributed by atoms with Gasteiger partial charge in [-0.15, -0.1) is 0 Å². The van der Waals surface area contributed by atoms with Gasteiger partial charge in [0.05, 0.1) is 13.2 Å². The minimum absolute atomic E-state index is 0.263. The lowest BCUT2D eigenvalue weighted by Gasteiger charge is -2.04. The van der Waals surface area contributed by atoms with Crippen molar-refractivity contribution in [1.29, 1.82) is 0 Å². The van der Waals surface area contributed by atoms with Gasteiger partial charge in [-0.25, -0.2) is 9.59 Å². The van der Waals surface area contributed by atoms with E-state index in [1.54, 1.807) is 6.92 Å². The van der Waals surface area contributed by atoms with E-state index in [1.807, 2.05) is 0 Å². The zero-order valence-corrected chi connectivity index (χ0v) is 19.4. The molecule has 0 rings (SSSR count). The van der Waals surface area contributed by atoms with Crippen molar-refractivity contribution < 1.29 is 19.1 Å². The summed E-state index contributed by atoms with van der Waals surface area (Å²) in [7, 11) is 0. The second kappa shape index (κ2) is 24.5. The molecule has 0 aliphatic carbocycles. The van der Waals surface area contributed by atoms with Crippen LogP contribution in [0.3, 0.4) is 0 Å². The minimum Gasteiger partial charge on any atom is -0.463 e. The van der Waals surface area contributed by atoms with Crippen LogP contribution in [0.25, 0.3) is 0 Å². The number of carbonyl (C=O) groups excluding carboxylic acids is 2. The maximum absolute atomic E-state index is 11.0. The number of unbranched alkanes of at least 4 members (excludes halogenated alkanes) is 12. The average molecular weight is 411 g/mol. The van der Waals surface area contributed by atoms with Gasteiger partial charge in [-0.2, -0.15) is 0 Å². The van der Waals surface area contributed by atoms with E-state index < -0.39 is 0 Å². The smallest absolute Gasteiger partial charge is 0.333 e. The van der Waals surface area contributed by atoms with Crippen molar-refractivity contribution in [2.24, 2.45) is 0 Å². The van der Waals surface area contributed by atoms with Crippen molar-refractivity contribution in [3.63, 3.8) is 0 Å². The fourth-order valence-electron chi connectivity index (χ4n) is 2.64. The summed E-state index contributed by atoms with van der Waals surface area (Å²) < 4.78 is 9.85. The number of rotatable bonds is 18. The molecule has 4 heteroatoms. The lowest BCUT2D eigenvalue weighted by atomic mass is 10.1. The van der Waals surface area contributed by atoms with Crippen molar-refractivity contribution in [2.75, 3.05) is 13.2 Å². The van der Waals surface area contributed by atoms with Crippen molar-refractivity contribution in [3.05, 3.63) is 24.8 Å². The van der Waals surface area contributed by atoms with Crippen LogP contribution in [-0.2, 0) is 19.1 Å². The van der Waals surface area contributed by atoms with E-state index in [-0.39, 0.29) is 11.9 Å². The third-order valence-corrected chi connectivity index (χ3v) is 4.49. The van der Waals surface area contributed by atoms with Crippen LogP contribution < -0.4 is 0 Å². The number of carbonyl (C=O) groups is 2. The molecule has 0 atom stereocenters. The van der Waals surface area contributed by atoms with Gasteiger partial charge < -0.3 is 9.47 Å². The molecule has 0 radical (unpaired) electrons. The SMILES string of the molecule is C=C(C)C(=O)OCCCCCCCCC.C=CC(=O)OCCCCCCCCC. The highest BCUT2D eigenvalue weighted by atomic mass is 16.5. The van der Waals surface area contributed by atoms with Gasteiger partial charge in [0, 0.05) is 11.6 Å². The first-order valence-electron chi connectivity index (χ1n) is 11.6. The van der Waals surface area contributed by atoms with Crippen molar-refractivity contribution in [1.82, 2.24) is 0 Å². The lowest BCUT2D eigenvalue weighted by Crippen LogP contribution is -2.05. The molecule has 0 amide bonds. The summed E-state index contributed by atoms with van der Waals surface area (Å²) in [6.45, 7) is 14.1. The van der Waals surface area contributed by atoms with E-state index in [4.69, 9.17) is 9.47 Å². The zero-order chi connectivity index (χ0) is 22.2. The fraction of sp³-hybridized carbons (Fsp3) is 0.760. The van der Waals surface area contributed by atoms with Gasteiger partial charge in [-0.05, 0) is 19.8 Å². The molecule has 0 N–H and O–H groups in total. The molecule has 0 aliphatic heterocycles. The number of ether oxygens (including phenoxy) is 2. The van der Waals surface area contributed by atoms with Crippen LogP contribution in [0.1, 0.15) is 111 Å². The standard InChI is InChI=1S/C13H24O2.C12H22O2/c1-4-5-6-7-8-9-10-11-15-13(14)12(2)3;1-3-5-6-7-8-9-10-11-14-12(13)4-2/h2,4-11H2,1,3H3;4H,2-3,5-11H2,1H3. The fourth-order valence-corrected chi connectivity index (χ4v) is 2.64. The summed E-state index contributed by atoms with van der Waals surface area (Å²) in [5, 5.41) is 0. The van der Waals surface area contributed by atoms with Gasteiger partial charge in [-0.3, -0.25) is 0 Å². The van der Waals surface area contributed by atoms with Crippen molar-refractivity contribution in [3.8, 4) is 0 Å². The predicted molar refractivity (Wildman–Crippen MR) is 123 cm³/mol. The topological polar surface area (TPSA) is 52.6 Å². The molecule has 29 heavy (non-hydrogen) atoms. The summed E-state index contributed by atoms with van der Waals surface area (Å²) in [5.41, 5.74) is 0.484. The molecule has 0 bridgehead atoms. The van der Waals surface area contributed by atoms with Crippen molar-refractivity contribution >= 4 is 11.9 Å². The van der Waals surface area contributed by atoms with Gasteiger partial charge in [0.2, 0.25) is 0 Å². The van der Waals surface area contributed by atoms with Crippen LogP contribution in [0.2, 0.25) is 0 Å². The minimum atomic E-state index is -0.309. The summed E-state index contributed by atoms with van der Waals surface area (Å²) in [6.07, 6.45) is 18.5. The van der Waals surface area contributed by atoms with Gasteiger partial charge in [0.1, 0.15) is 0 Å². The molecule has 0 unspecified atom stereocenters. The Hall–Kier alpha value is -1.58. The molecule has 0 spiro atoms. The Labute approximate surface area is 180 Å². The molecule has 0 fully saturated rings. The maximum Gasteiger partial charge on any atom is 0.333 e. The summed E-state index contributed by atoms with van der Waals surface area (Å²) in [5.74, 6) is -0.572. The molecule has 0 aliphatic rings. The van der Waals surface area contributed by atoms with Crippen molar-refractivity contribution in [2.45, 2.75) is 111 Å². The maximum atomic E-state index is 11.0. The highest BCUT2D eigenvalue weighted by molar-refractivity contribution is 5.86. The molecule has 0 aromatic heterocycles. The Morgan fingerprint density at radius 1 is 0.690 bits per heavy atom. The molecular formula is C25H46O4. The van der Waals surface area contributed by atoms with Gasteiger partial charge in [0.25, 0.3) is 0 Å². The van der Waals surface area contributed by atoms with Crippen LogP contribution in [-0.4, -0.2) is 25.2 Å². The summed E-state index contributed by atoms with van der Waals surface area (Å²) in [4.78, 5) is 21.6. The number of esters is 2. The van der Waals surface area contributed by atoms with Crippen LogP contribution in [0.5, 0.6) is 0 Å². The van der Waals surface area contributed by atoms with Gasteiger partial charge >= 0.3 is 11.9 Å². The van der Waals surface area contributed by atoms with Crippen LogP contribution >= 0.6 is 0 Å². The molecule has 0 saturated heterocycles. The number of hydrogen-bond acceptors (Lipinski definition) is 4. The lowest BCUT2D eigenvalue weighted by molar-refractivity contribution is -0.139. The highest BCUT2D eigenvalue weighted by Gasteiger charge is 2.01. The van der Waals surface area contributed by atoms with E-state index >= 15 is 0 Å². The monoisotopic (exact) mass is 410 g/mol. The first kappa shape index (κ1) is 29.6. The van der Waals surface area contributed by atoms with E-state index in [9.17, 15) is 9.59 Å². The highest BCUT2D eigenvalue weighted by Crippen LogP contribution is 2.08. The van der Waals surface area contributed by atoms with Crippen LogP contribution in [0.15, 0.2) is 24.8 Å². The van der Waals surface area contributed by atoms with Crippen LogP contribution in [0, 0.1) is 0 Å². The number of hydrogen-bond donors (Lipinski definition) is 0. The Bertz CT molecular complexity index is 415. The molecule has 170 valence electrons. The molecule has 0 aromatic rings. The molecule has 4 nitrogen and oxygen atoms in total. The molecule has 0 saturated carbocycles. The Kier molecular flexibility index (Phi) is 25.0. The van der Waals surface area contributed by atoms with Gasteiger partial charge in [0.15, 0.2) is 0 Å². The first-order chi connectivity index (χ1) is 14.0. The first-order valence-corrected chi connectivity index (χ1v) is 11.6. The molecule has 0 heterocycles. The third-order valence-electron chi connectivity index (χ3n) is 4.49. The van der Waals surface area contributed by atoms with Gasteiger partial charge in [-0.1, -0.05) is 104 Å². The van der Waals surface area contributed by atoms with E-state index in [0.29, 0.717) is 18.8 Å². The van der Waals surface area contributed by atoms with E-state index in [0.717, 1.165) is 25.7 Å². The zero-order valence-electron chi connectivity index (χ0n) is 19.4. The van der Waals surface area contributed by atoms with E-state index in [2.05, 4.69) is 27.0 Å². The Morgan fingerprint density at radius 3 is 1.45 bits per heavy atom. The second-order valence-electron chi connectivity index (χ2n) is 7.53. The molecular weight excluding hydrogens is 364 g/mol. The van der Waals surface area contributed by atoms with Crippen LogP contribution in [0.4, 0.5) is 0 Å². The van der Waals surface area contributed by atoms with E-state index in [1.165, 1.54) is 70.3 Å². The third kappa shape index (κ3) is 26.4. The molecule has 0 aromatic carbocycles. The summed E-state index contributed by atoms with van der Waals surface area (Å²) in [6, 6.07) is 0. The second-order valence-corrected chi connectivity index (χ2v) is 7.53. The summed E-state index contributed by atoms with van der Waals surface area (Å²) >= 11 is 0. The normalized spacial score (nSPS) is 9.90.